The largest absolute Gasteiger partial charge is 0.365 e. The molecule has 0 aromatic heterocycles. The van der Waals surface area contributed by atoms with Crippen LogP contribution < -0.4 is 0 Å². The van der Waals surface area contributed by atoms with Crippen LogP contribution in [0.5, 0.6) is 0 Å². The molecular weight excluding hydrogens is 647 g/mol. The summed E-state index contributed by atoms with van der Waals surface area (Å²) in [5.41, 5.74) is 19.3. The van der Waals surface area contributed by atoms with Gasteiger partial charge in [-0.25, -0.2) is 0 Å². The summed E-state index contributed by atoms with van der Waals surface area (Å²) in [6, 6.07) is 34.5. The number of fused-ring (bicyclic) bond motifs is 3. The third kappa shape index (κ3) is 5.24. The topological polar surface area (TPSA) is 3.24 Å². The van der Waals surface area contributed by atoms with Crippen LogP contribution in [0.3, 0.4) is 0 Å². The number of hydrogen-bond donors (Lipinski definition) is 0. The van der Waals surface area contributed by atoms with Crippen LogP contribution in [0, 0.1) is 18.3 Å². The zero-order valence-corrected chi connectivity index (χ0v) is 31.2. The van der Waals surface area contributed by atoms with Gasteiger partial charge in [-0.1, -0.05) is 140 Å². The van der Waals surface area contributed by atoms with E-state index in [4.69, 9.17) is 6.42 Å². The minimum Gasteiger partial charge on any atom is -0.365 e. The molecule has 0 fully saturated rings. The SMILES string of the molecule is C#CC1=C(/C=C\C)C(CC)C(CC(C)N(C2=C(c3ccccc3)C=CCC2)C2C=CC3=C(C2)c2c4cccc2-c2cccc3c2-c2ccccc2-4)S1. The minimum atomic E-state index is 0.214. The Kier molecular flexibility index (Phi) is 8.57. The Morgan fingerprint density at radius 1 is 0.827 bits per heavy atom. The minimum absolute atomic E-state index is 0.214. The fourth-order valence-electron chi connectivity index (χ4n) is 9.83. The Balaban J connectivity index is 1.18. The van der Waals surface area contributed by atoms with E-state index < -0.39 is 0 Å². The van der Waals surface area contributed by atoms with Crippen LogP contribution in [0.25, 0.3) is 50.1 Å². The van der Waals surface area contributed by atoms with Crippen molar-refractivity contribution in [3.63, 3.8) is 0 Å². The van der Waals surface area contributed by atoms with Gasteiger partial charge >= 0.3 is 0 Å². The van der Waals surface area contributed by atoms with Crippen molar-refractivity contribution in [2.24, 2.45) is 5.92 Å². The lowest BCUT2D eigenvalue weighted by Gasteiger charge is -2.44. The van der Waals surface area contributed by atoms with Crippen LogP contribution >= 0.6 is 11.8 Å². The van der Waals surface area contributed by atoms with E-state index in [-0.39, 0.29) is 6.04 Å². The molecule has 5 aliphatic rings. The number of benzene rings is 4. The van der Waals surface area contributed by atoms with E-state index in [1.54, 1.807) is 0 Å². The quantitative estimate of drug-likeness (QED) is 0.149. The van der Waals surface area contributed by atoms with Gasteiger partial charge < -0.3 is 4.90 Å². The van der Waals surface area contributed by atoms with Gasteiger partial charge in [0.25, 0.3) is 0 Å². The Morgan fingerprint density at radius 3 is 2.27 bits per heavy atom. The summed E-state index contributed by atoms with van der Waals surface area (Å²) in [5, 5.41) is 0.443. The van der Waals surface area contributed by atoms with Crippen molar-refractivity contribution in [1.29, 1.82) is 0 Å². The first-order chi connectivity index (χ1) is 25.6. The van der Waals surface area contributed by atoms with E-state index in [2.05, 4.69) is 159 Å². The summed E-state index contributed by atoms with van der Waals surface area (Å²) >= 11 is 1.94. The maximum Gasteiger partial charge on any atom is 0.0608 e. The molecule has 2 heteroatoms. The van der Waals surface area contributed by atoms with Crippen molar-refractivity contribution in [1.82, 2.24) is 4.90 Å². The molecule has 1 aliphatic heterocycles. The van der Waals surface area contributed by atoms with Crippen LogP contribution in [-0.2, 0) is 0 Å². The van der Waals surface area contributed by atoms with Crippen molar-refractivity contribution in [3.05, 3.63) is 160 Å². The Labute approximate surface area is 314 Å². The lowest BCUT2D eigenvalue weighted by Crippen LogP contribution is -2.43. The molecule has 4 aromatic carbocycles. The highest BCUT2D eigenvalue weighted by molar-refractivity contribution is 8.04. The Morgan fingerprint density at radius 2 is 1.52 bits per heavy atom. The smallest absolute Gasteiger partial charge is 0.0608 e. The van der Waals surface area contributed by atoms with Gasteiger partial charge in [-0.3, -0.25) is 0 Å². The molecule has 256 valence electrons. The first-order valence-electron chi connectivity index (χ1n) is 19.1. The van der Waals surface area contributed by atoms with Gasteiger partial charge in [0.05, 0.1) is 10.9 Å². The summed E-state index contributed by atoms with van der Waals surface area (Å²) in [5.74, 6) is 3.52. The normalized spacial score (nSPS) is 21.6. The van der Waals surface area contributed by atoms with E-state index in [0.717, 1.165) is 37.0 Å². The molecule has 0 saturated carbocycles. The van der Waals surface area contributed by atoms with Gasteiger partial charge in [0.1, 0.15) is 0 Å². The number of hydrogen-bond acceptors (Lipinski definition) is 2. The maximum absolute atomic E-state index is 6.13. The fraction of sp³-hybridized carbons (Fsp3) is 0.240. The highest BCUT2D eigenvalue weighted by Gasteiger charge is 2.39. The molecule has 0 saturated heterocycles. The first-order valence-corrected chi connectivity index (χ1v) is 20.0. The number of nitrogens with zero attached hydrogens (tertiary/aromatic N) is 1. The third-order valence-electron chi connectivity index (χ3n) is 12.0. The molecule has 52 heavy (non-hydrogen) atoms. The summed E-state index contributed by atoms with van der Waals surface area (Å²) in [6.07, 6.45) is 25.5. The highest BCUT2D eigenvalue weighted by atomic mass is 32.2. The summed E-state index contributed by atoms with van der Waals surface area (Å²) < 4.78 is 0. The number of terminal acetylenes is 1. The Hall–Kier alpha value is -4.97. The molecule has 1 heterocycles. The lowest BCUT2D eigenvalue weighted by atomic mass is 9.78. The van der Waals surface area contributed by atoms with Crippen molar-refractivity contribution in [2.75, 3.05) is 0 Å². The predicted molar refractivity (Wildman–Crippen MR) is 224 cm³/mol. The van der Waals surface area contributed by atoms with E-state index in [0.29, 0.717) is 17.2 Å². The molecule has 4 aliphatic carbocycles. The molecule has 4 atom stereocenters. The average molecular weight is 692 g/mol. The second-order valence-corrected chi connectivity index (χ2v) is 16.0. The lowest BCUT2D eigenvalue weighted by molar-refractivity contribution is 0.205. The molecule has 9 rings (SSSR count). The van der Waals surface area contributed by atoms with Crippen LogP contribution in [0.4, 0.5) is 0 Å². The monoisotopic (exact) mass is 691 g/mol. The van der Waals surface area contributed by atoms with Crippen molar-refractivity contribution in [2.45, 2.75) is 70.2 Å². The fourth-order valence-corrected chi connectivity index (χ4v) is 11.4. The maximum atomic E-state index is 6.13. The average Bonchev–Trinajstić information content (AvgIpc) is 3.47. The summed E-state index contributed by atoms with van der Waals surface area (Å²) in [6.45, 7) is 6.92. The summed E-state index contributed by atoms with van der Waals surface area (Å²) in [7, 11) is 0. The molecular formula is C50H45NS. The first kappa shape index (κ1) is 32.9. The molecule has 0 radical (unpaired) electrons. The zero-order valence-electron chi connectivity index (χ0n) is 30.4. The zero-order chi connectivity index (χ0) is 35.3. The molecule has 0 amide bonds. The van der Waals surface area contributed by atoms with Crippen molar-refractivity contribution >= 4 is 28.5 Å². The van der Waals surface area contributed by atoms with Crippen LogP contribution in [0.2, 0.25) is 0 Å². The molecule has 0 spiro atoms. The van der Waals surface area contributed by atoms with Gasteiger partial charge in [-0.05, 0) is 119 Å². The number of thioether (sulfide) groups is 1. The van der Waals surface area contributed by atoms with E-state index in [1.165, 1.54) is 78.1 Å². The van der Waals surface area contributed by atoms with Gasteiger partial charge in [0.15, 0.2) is 0 Å². The van der Waals surface area contributed by atoms with Crippen molar-refractivity contribution in [3.8, 4) is 45.7 Å². The van der Waals surface area contributed by atoms with Gasteiger partial charge in [0, 0.05) is 22.6 Å². The van der Waals surface area contributed by atoms with Crippen LogP contribution in [-0.4, -0.2) is 22.2 Å². The van der Waals surface area contributed by atoms with Gasteiger partial charge in [0.2, 0.25) is 0 Å². The second kappa shape index (κ2) is 13.5. The number of rotatable bonds is 8. The molecule has 0 N–H and O–H groups in total. The standard InChI is InChI=1S/C50H45NS/c1-5-17-39-35(6-2)48(52-47(39)7-3)30-32(4)51(46-27-14-13-20-36(46)33-18-9-8-10-19-33)34-28-29-38-42-24-16-25-43-44-26-15-23-41(50(44)45(38)31-34)37-21-11-12-22-40(37)49(42)43/h3,5,8-13,15-26,28-29,32,34-35,48H,6,14,27,30-31H2,1-2,4H3/b17-5-. The second-order valence-electron chi connectivity index (χ2n) is 14.8. The predicted octanol–water partition coefficient (Wildman–Crippen LogP) is 13.0. The van der Waals surface area contributed by atoms with Crippen molar-refractivity contribution < 1.29 is 0 Å². The van der Waals surface area contributed by atoms with E-state index in [1.807, 2.05) is 11.8 Å². The van der Waals surface area contributed by atoms with Crippen LogP contribution in [0.15, 0.2) is 144 Å². The molecule has 4 aromatic rings. The number of allylic oxidation sites excluding steroid dienone is 10. The molecule has 6 bridgehead atoms. The highest BCUT2D eigenvalue weighted by Crippen LogP contribution is 2.56. The third-order valence-corrected chi connectivity index (χ3v) is 13.4. The van der Waals surface area contributed by atoms with Gasteiger partial charge in [-0.15, -0.1) is 18.2 Å². The van der Waals surface area contributed by atoms with E-state index in [9.17, 15) is 0 Å². The Bertz CT molecular complexity index is 2320. The molecule has 1 nitrogen and oxygen atoms in total. The van der Waals surface area contributed by atoms with Gasteiger partial charge in [-0.2, -0.15) is 0 Å². The van der Waals surface area contributed by atoms with Crippen LogP contribution in [0.1, 0.15) is 69.6 Å². The summed E-state index contributed by atoms with van der Waals surface area (Å²) in [4.78, 5) is 3.96. The van der Waals surface area contributed by atoms with E-state index >= 15 is 0 Å². The molecule has 4 unspecified atom stereocenters.